The number of ether oxygens (including phenoxy) is 1. The lowest BCUT2D eigenvalue weighted by atomic mass is 10.1. The first-order valence-corrected chi connectivity index (χ1v) is 8.08. The van der Waals surface area contributed by atoms with Crippen LogP contribution in [0, 0.1) is 6.92 Å². The average molecular weight is 318 g/mol. The zero-order chi connectivity index (χ0) is 15.4. The summed E-state index contributed by atoms with van der Waals surface area (Å²) in [6.07, 6.45) is 2.01. The molecule has 0 bridgehead atoms. The zero-order valence-electron chi connectivity index (χ0n) is 12.3. The fraction of sp³-hybridized carbons (Fsp3) is 0.188. The van der Waals surface area contributed by atoms with Crippen LogP contribution < -0.4 is 15.8 Å². The molecule has 0 unspecified atom stereocenters. The molecule has 0 spiro atoms. The van der Waals surface area contributed by atoms with E-state index in [1.54, 1.807) is 18.9 Å². The van der Waals surface area contributed by atoms with E-state index in [0.717, 1.165) is 33.1 Å². The minimum Gasteiger partial charge on any atom is -0.496 e. The second-order valence-corrected chi connectivity index (χ2v) is 5.84. The first-order valence-electron chi connectivity index (χ1n) is 6.45. The molecule has 0 aromatic heterocycles. The third-order valence-electron chi connectivity index (χ3n) is 3.17. The monoisotopic (exact) mass is 318 g/mol. The van der Waals surface area contributed by atoms with Gasteiger partial charge in [0, 0.05) is 21.8 Å². The maximum absolute atomic E-state index is 5.88. The molecule has 0 aliphatic rings. The molecule has 0 saturated carbocycles. The predicted octanol–water partition coefficient (Wildman–Crippen LogP) is 4.10. The van der Waals surface area contributed by atoms with Gasteiger partial charge in [-0.25, -0.2) is 0 Å². The van der Waals surface area contributed by atoms with E-state index >= 15 is 0 Å². The highest BCUT2D eigenvalue weighted by molar-refractivity contribution is 7.98. The van der Waals surface area contributed by atoms with Crippen molar-refractivity contribution < 1.29 is 4.74 Å². The normalized spacial score (nSPS) is 10.2. The lowest BCUT2D eigenvalue weighted by Gasteiger charge is -2.15. The first-order chi connectivity index (χ1) is 10.1. The van der Waals surface area contributed by atoms with E-state index in [-0.39, 0.29) is 0 Å². The molecule has 0 aliphatic carbocycles. The van der Waals surface area contributed by atoms with E-state index < -0.39 is 0 Å². The van der Waals surface area contributed by atoms with Crippen LogP contribution in [0.4, 0.5) is 11.4 Å². The number of hydrogen-bond acceptors (Lipinski definition) is 4. The van der Waals surface area contributed by atoms with Gasteiger partial charge in [-0.05, 0) is 49.1 Å². The number of thioether (sulfide) groups is 1. The lowest BCUT2D eigenvalue weighted by molar-refractivity contribution is 0.412. The van der Waals surface area contributed by atoms with Crippen LogP contribution in [0.2, 0.25) is 0 Å². The Kier molecular flexibility index (Phi) is 5.09. The number of anilines is 2. The van der Waals surface area contributed by atoms with Gasteiger partial charge in [-0.3, -0.25) is 0 Å². The average Bonchev–Trinajstić information content (AvgIpc) is 2.46. The number of benzene rings is 2. The Balaban J connectivity index is 2.40. The van der Waals surface area contributed by atoms with Crippen molar-refractivity contribution in [2.75, 3.05) is 18.7 Å². The predicted molar refractivity (Wildman–Crippen MR) is 95.1 cm³/mol. The van der Waals surface area contributed by atoms with Gasteiger partial charge in [0.15, 0.2) is 0 Å². The molecule has 2 rings (SSSR count). The van der Waals surface area contributed by atoms with Crippen LogP contribution in [0.3, 0.4) is 0 Å². The van der Waals surface area contributed by atoms with E-state index in [1.165, 1.54) is 0 Å². The Bertz CT molecular complexity index is 671. The summed E-state index contributed by atoms with van der Waals surface area (Å²) in [5.74, 6) is 0.869. The van der Waals surface area contributed by atoms with E-state index in [0.29, 0.717) is 4.99 Å². The molecule has 21 heavy (non-hydrogen) atoms. The summed E-state index contributed by atoms with van der Waals surface area (Å²) in [5, 5.41) is 3.38. The fourth-order valence-corrected chi connectivity index (χ4v) is 3.09. The maximum atomic E-state index is 5.88. The Morgan fingerprint density at radius 2 is 2.05 bits per heavy atom. The standard InChI is InChI=1S/C16H18N2OS2/c1-10-9-11(7-8-13(10)19-2)18-12-5-4-6-14(21-3)15(12)16(17)20/h4-9,18H,1-3H3,(H2,17,20). The van der Waals surface area contributed by atoms with Gasteiger partial charge in [0.05, 0.1) is 7.11 Å². The molecular weight excluding hydrogens is 300 g/mol. The van der Waals surface area contributed by atoms with Gasteiger partial charge in [-0.15, -0.1) is 11.8 Å². The molecule has 2 aromatic rings. The summed E-state index contributed by atoms with van der Waals surface area (Å²) in [6, 6.07) is 11.9. The summed E-state index contributed by atoms with van der Waals surface area (Å²) < 4.78 is 5.28. The van der Waals surface area contributed by atoms with Crippen molar-refractivity contribution in [3.8, 4) is 5.75 Å². The fourth-order valence-electron chi connectivity index (χ4n) is 2.17. The van der Waals surface area contributed by atoms with Gasteiger partial charge in [0.25, 0.3) is 0 Å². The summed E-state index contributed by atoms with van der Waals surface area (Å²) in [7, 11) is 1.67. The topological polar surface area (TPSA) is 47.3 Å². The highest BCUT2D eigenvalue weighted by Gasteiger charge is 2.11. The number of rotatable bonds is 5. The highest BCUT2D eigenvalue weighted by atomic mass is 32.2. The quantitative estimate of drug-likeness (QED) is 0.642. The van der Waals surface area contributed by atoms with Crippen LogP contribution in [-0.4, -0.2) is 18.4 Å². The number of thiocarbonyl (C=S) groups is 1. The van der Waals surface area contributed by atoms with E-state index in [4.69, 9.17) is 22.7 Å². The van der Waals surface area contributed by atoms with Crippen molar-refractivity contribution in [2.45, 2.75) is 11.8 Å². The molecule has 110 valence electrons. The van der Waals surface area contributed by atoms with E-state index in [1.807, 2.05) is 49.6 Å². The van der Waals surface area contributed by atoms with Crippen LogP contribution in [0.15, 0.2) is 41.3 Å². The third kappa shape index (κ3) is 3.49. The minimum atomic E-state index is 0.396. The Labute approximate surface area is 134 Å². The van der Waals surface area contributed by atoms with E-state index in [2.05, 4.69) is 5.32 Å². The van der Waals surface area contributed by atoms with Crippen LogP contribution in [0.25, 0.3) is 0 Å². The van der Waals surface area contributed by atoms with Crippen molar-refractivity contribution in [3.63, 3.8) is 0 Å². The van der Waals surface area contributed by atoms with Crippen molar-refractivity contribution in [1.82, 2.24) is 0 Å². The third-order valence-corrected chi connectivity index (χ3v) is 4.15. The molecule has 0 amide bonds. The molecule has 0 heterocycles. The van der Waals surface area contributed by atoms with Crippen LogP contribution in [-0.2, 0) is 0 Å². The van der Waals surface area contributed by atoms with Crippen molar-refractivity contribution >= 4 is 40.3 Å². The van der Waals surface area contributed by atoms with Crippen molar-refractivity contribution in [3.05, 3.63) is 47.5 Å². The number of nitrogens with two attached hydrogens (primary N) is 1. The zero-order valence-corrected chi connectivity index (χ0v) is 13.9. The number of hydrogen-bond donors (Lipinski definition) is 2. The van der Waals surface area contributed by atoms with Crippen LogP contribution in [0.5, 0.6) is 5.75 Å². The lowest BCUT2D eigenvalue weighted by Crippen LogP contribution is -2.13. The van der Waals surface area contributed by atoms with Gasteiger partial charge in [-0.2, -0.15) is 0 Å². The summed E-state index contributed by atoms with van der Waals surface area (Å²) in [6.45, 7) is 2.01. The molecule has 0 aliphatic heterocycles. The van der Waals surface area contributed by atoms with Crippen LogP contribution >= 0.6 is 24.0 Å². The molecule has 5 heteroatoms. The van der Waals surface area contributed by atoms with Crippen molar-refractivity contribution in [2.24, 2.45) is 5.73 Å². The van der Waals surface area contributed by atoms with Gasteiger partial charge >= 0.3 is 0 Å². The molecule has 3 N–H and O–H groups in total. The molecule has 0 saturated heterocycles. The second kappa shape index (κ2) is 6.83. The molecule has 0 atom stereocenters. The van der Waals surface area contributed by atoms with Crippen molar-refractivity contribution in [1.29, 1.82) is 0 Å². The molecular formula is C16H18N2OS2. The van der Waals surface area contributed by atoms with E-state index in [9.17, 15) is 0 Å². The summed E-state index contributed by atoms with van der Waals surface area (Å²) in [4.78, 5) is 1.46. The molecule has 0 radical (unpaired) electrons. The molecule has 0 fully saturated rings. The second-order valence-electron chi connectivity index (χ2n) is 4.56. The Morgan fingerprint density at radius 1 is 1.29 bits per heavy atom. The Hall–Kier alpha value is -1.72. The first kappa shape index (κ1) is 15.7. The molecule has 3 nitrogen and oxygen atoms in total. The van der Waals surface area contributed by atoms with Gasteiger partial charge in [0.1, 0.15) is 10.7 Å². The number of methoxy groups -OCH3 is 1. The number of aryl methyl sites for hydroxylation is 1. The Morgan fingerprint density at radius 3 is 2.62 bits per heavy atom. The molecule has 2 aromatic carbocycles. The summed E-state index contributed by atoms with van der Waals surface area (Å²) >= 11 is 6.82. The number of nitrogens with one attached hydrogen (secondary N) is 1. The van der Waals surface area contributed by atoms with Gasteiger partial charge < -0.3 is 15.8 Å². The summed E-state index contributed by atoms with van der Waals surface area (Å²) in [5.41, 5.74) is 9.72. The SMILES string of the molecule is COc1ccc(Nc2cccc(SC)c2C(N)=S)cc1C. The smallest absolute Gasteiger partial charge is 0.121 e. The largest absolute Gasteiger partial charge is 0.496 e. The van der Waals surface area contributed by atoms with Gasteiger partial charge in [0.2, 0.25) is 0 Å². The van der Waals surface area contributed by atoms with Gasteiger partial charge in [-0.1, -0.05) is 18.3 Å². The minimum absolute atomic E-state index is 0.396. The van der Waals surface area contributed by atoms with Crippen LogP contribution in [0.1, 0.15) is 11.1 Å². The maximum Gasteiger partial charge on any atom is 0.121 e. The highest BCUT2D eigenvalue weighted by Crippen LogP contribution is 2.30.